The molecule has 5 nitrogen and oxygen atoms in total. The molecule has 2 aromatic carbocycles. The second-order valence-electron chi connectivity index (χ2n) is 7.54. The Labute approximate surface area is 175 Å². The summed E-state index contributed by atoms with van der Waals surface area (Å²) in [5.41, 5.74) is 4.93. The largest absolute Gasteiger partial charge is 0.349 e. The number of amides is 1. The van der Waals surface area contributed by atoms with E-state index in [9.17, 15) is 13.2 Å². The number of hydrogen-bond donors (Lipinski definition) is 1. The summed E-state index contributed by atoms with van der Waals surface area (Å²) in [6, 6.07) is 13.6. The van der Waals surface area contributed by atoms with E-state index in [1.54, 1.807) is 0 Å². The van der Waals surface area contributed by atoms with Gasteiger partial charge in [-0.15, -0.1) is 0 Å². The number of hydrogen-bond acceptors (Lipinski definition) is 3. The topological polar surface area (TPSA) is 66.5 Å². The van der Waals surface area contributed by atoms with E-state index in [1.807, 2.05) is 70.2 Å². The van der Waals surface area contributed by atoms with Crippen LogP contribution in [0.2, 0.25) is 0 Å². The standard InChI is InChI=1S/C23H32N2O3S/c1-6-21(20-13-8-7-11-18(20)3)24-23(26)15-10-16-25(29(5,27)28)22-14-9-12-17(2)19(22)4/h7-9,11-14,21H,6,10,15-16H2,1-5H3,(H,24,26)/t21-/m1/s1. The van der Waals surface area contributed by atoms with Gasteiger partial charge >= 0.3 is 0 Å². The van der Waals surface area contributed by atoms with Crippen LogP contribution in [0.25, 0.3) is 0 Å². The molecule has 0 aliphatic heterocycles. The monoisotopic (exact) mass is 416 g/mol. The number of sulfonamides is 1. The molecule has 0 saturated carbocycles. The van der Waals surface area contributed by atoms with Gasteiger partial charge in [0, 0.05) is 13.0 Å². The number of aryl methyl sites for hydroxylation is 2. The molecule has 1 N–H and O–H groups in total. The lowest BCUT2D eigenvalue weighted by molar-refractivity contribution is -0.121. The van der Waals surface area contributed by atoms with Crippen LogP contribution in [0.1, 0.15) is 54.5 Å². The maximum atomic E-state index is 12.5. The van der Waals surface area contributed by atoms with Crippen LogP contribution in [0.4, 0.5) is 5.69 Å². The number of anilines is 1. The van der Waals surface area contributed by atoms with Crippen molar-refractivity contribution in [3.05, 3.63) is 64.7 Å². The Morgan fingerprint density at radius 3 is 2.31 bits per heavy atom. The Morgan fingerprint density at radius 1 is 1.03 bits per heavy atom. The smallest absolute Gasteiger partial charge is 0.232 e. The summed E-state index contributed by atoms with van der Waals surface area (Å²) in [5, 5.41) is 3.09. The van der Waals surface area contributed by atoms with Gasteiger partial charge in [0.1, 0.15) is 0 Å². The van der Waals surface area contributed by atoms with Crippen LogP contribution in [0.3, 0.4) is 0 Å². The average Bonchev–Trinajstić information content (AvgIpc) is 2.66. The van der Waals surface area contributed by atoms with E-state index in [1.165, 1.54) is 10.6 Å². The number of rotatable bonds is 9. The minimum absolute atomic E-state index is 0.0336. The fourth-order valence-corrected chi connectivity index (χ4v) is 4.51. The Balaban J connectivity index is 2.03. The van der Waals surface area contributed by atoms with Gasteiger partial charge in [-0.2, -0.15) is 0 Å². The molecule has 0 aliphatic carbocycles. The summed E-state index contributed by atoms with van der Waals surface area (Å²) in [6.07, 6.45) is 2.74. The molecule has 0 radical (unpaired) electrons. The van der Waals surface area contributed by atoms with Gasteiger partial charge in [0.2, 0.25) is 15.9 Å². The van der Waals surface area contributed by atoms with E-state index in [4.69, 9.17) is 0 Å². The average molecular weight is 417 g/mol. The first kappa shape index (κ1) is 22.9. The lowest BCUT2D eigenvalue weighted by Crippen LogP contribution is -2.33. The second-order valence-corrected chi connectivity index (χ2v) is 9.45. The molecule has 2 aromatic rings. The van der Waals surface area contributed by atoms with Crippen LogP contribution >= 0.6 is 0 Å². The molecule has 6 heteroatoms. The molecule has 1 atom stereocenters. The highest BCUT2D eigenvalue weighted by Crippen LogP contribution is 2.25. The molecule has 0 unspecified atom stereocenters. The summed E-state index contributed by atoms with van der Waals surface area (Å²) in [5.74, 6) is -0.0606. The third kappa shape index (κ3) is 6.07. The Kier molecular flexibility index (Phi) is 7.85. The molecule has 1 amide bonds. The van der Waals surface area contributed by atoms with E-state index in [0.717, 1.165) is 28.7 Å². The SMILES string of the molecule is CC[C@@H](NC(=O)CCCN(c1cccc(C)c1C)S(C)(=O)=O)c1ccccc1C. The highest BCUT2D eigenvalue weighted by molar-refractivity contribution is 7.92. The van der Waals surface area contributed by atoms with Crippen molar-refractivity contribution in [2.45, 2.75) is 53.0 Å². The minimum atomic E-state index is -3.43. The first-order valence-corrected chi connectivity index (χ1v) is 11.9. The first-order chi connectivity index (χ1) is 13.6. The molecular formula is C23H32N2O3S. The fourth-order valence-electron chi connectivity index (χ4n) is 3.50. The van der Waals surface area contributed by atoms with E-state index in [0.29, 0.717) is 12.1 Å². The number of nitrogens with one attached hydrogen (secondary N) is 1. The van der Waals surface area contributed by atoms with Gasteiger partial charge in [-0.25, -0.2) is 8.42 Å². The van der Waals surface area contributed by atoms with E-state index in [-0.39, 0.29) is 24.9 Å². The van der Waals surface area contributed by atoms with Crippen molar-refractivity contribution >= 4 is 21.6 Å². The first-order valence-electron chi connectivity index (χ1n) is 10.0. The van der Waals surface area contributed by atoms with E-state index >= 15 is 0 Å². The molecule has 29 heavy (non-hydrogen) atoms. The molecule has 0 saturated heterocycles. The van der Waals surface area contributed by atoms with Crippen molar-refractivity contribution < 1.29 is 13.2 Å². The zero-order valence-electron chi connectivity index (χ0n) is 18.0. The van der Waals surface area contributed by atoms with Crippen molar-refractivity contribution in [1.29, 1.82) is 0 Å². The molecule has 0 aromatic heterocycles. The highest BCUT2D eigenvalue weighted by atomic mass is 32.2. The van der Waals surface area contributed by atoms with Gasteiger partial charge in [0.15, 0.2) is 0 Å². The predicted octanol–water partition coefficient (Wildman–Crippen LogP) is 4.43. The second kappa shape index (κ2) is 9.92. The van der Waals surface area contributed by atoms with Crippen molar-refractivity contribution in [1.82, 2.24) is 5.32 Å². The fraction of sp³-hybridized carbons (Fsp3) is 0.435. The third-order valence-corrected chi connectivity index (χ3v) is 6.50. The van der Waals surface area contributed by atoms with Crippen LogP contribution in [0.5, 0.6) is 0 Å². The quantitative estimate of drug-likeness (QED) is 0.658. The van der Waals surface area contributed by atoms with Crippen LogP contribution in [0.15, 0.2) is 42.5 Å². The predicted molar refractivity (Wildman–Crippen MR) is 120 cm³/mol. The Bertz CT molecular complexity index is 954. The molecule has 0 fully saturated rings. The lowest BCUT2D eigenvalue weighted by atomic mass is 9.99. The molecule has 0 aliphatic rings. The highest BCUT2D eigenvalue weighted by Gasteiger charge is 2.20. The summed E-state index contributed by atoms with van der Waals surface area (Å²) >= 11 is 0. The number of nitrogens with zero attached hydrogens (tertiary/aromatic N) is 1. The zero-order valence-corrected chi connectivity index (χ0v) is 18.8. The maximum absolute atomic E-state index is 12.5. The van der Waals surface area contributed by atoms with Crippen molar-refractivity contribution in [2.24, 2.45) is 0 Å². The van der Waals surface area contributed by atoms with Gasteiger partial charge in [0.05, 0.1) is 18.0 Å². The summed E-state index contributed by atoms with van der Waals surface area (Å²) in [7, 11) is -3.43. The number of benzene rings is 2. The van der Waals surface area contributed by atoms with Crippen molar-refractivity contribution in [2.75, 3.05) is 17.1 Å². The van der Waals surface area contributed by atoms with Crippen LogP contribution < -0.4 is 9.62 Å². The van der Waals surface area contributed by atoms with Crippen LogP contribution in [0, 0.1) is 20.8 Å². The van der Waals surface area contributed by atoms with Gasteiger partial charge in [-0.3, -0.25) is 9.10 Å². The summed E-state index contributed by atoms with van der Waals surface area (Å²) in [4.78, 5) is 12.5. The molecule has 0 heterocycles. The number of carbonyl (C=O) groups is 1. The van der Waals surface area contributed by atoms with Gasteiger partial charge in [-0.1, -0.05) is 43.3 Å². The molecule has 0 spiro atoms. The Hall–Kier alpha value is -2.34. The zero-order chi connectivity index (χ0) is 21.6. The van der Waals surface area contributed by atoms with Gasteiger partial charge in [-0.05, 0) is 61.9 Å². The summed E-state index contributed by atoms with van der Waals surface area (Å²) in [6.45, 7) is 8.24. The molecule has 2 rings (SSSR count). The third-order valence-electron chi connectivity index (χ3n) is 5.32. The van der Waals surface area contributed by atoms with Crippen molar-refractivity contribution in [3.8, 4) is 0 Å². The minimum Gasteiger partial charge on any atom is -0.349 e. The normalized spacial score (nSPS) is 12.4. The maximum Gasteiger partial charge on any atom is 0.232 e. The van der Waals surface area contributed by atoms with Gasteiger partial charge < -0.3 is 5.32 Å². The van der Waals surface area contributed by atoms with Crippen LogP contribution in [-0.2, 0) is 14.8 Å². The number of carbonyl (C=O) groups excluding carboxylic acids is 1. The molecule has 0 bridgehead atoms. The van der Waals surface area contributed by atoms with Crippen LogP contribution in [-0.4, -0.2) is 27.1 Å². The van der Waals surface area contributed by atoms with E-state index in [2.05, 4.69) is 5.32 Å². The molecular weight excluding hydrogens is 384 g/mol. The summed E-state index contributed by atoms with van der Waals surface area (Å²) < 4.78 is 26.1. The van der Waals surface area contributed by atoms with Crippen molar-refractivity contribution in [3.63, 3.8) is 0 Å². The van der Waals surface area contributed by atoms with Gasteiger partial charge in [0.25, 0.3) is 0 Å². The van der Waals surface area contributed by atoms with E-state index < -0.39 is 10.0 Å². The Morgan fingerprint density at radius 2 is 1.69 bits per heavy atom. The lowest BCUT2D eigenvalue weighted by Gasteiger charge is -2.25. The molecule has 158 valence electrons.